The Morgan fingerprint density at radius 2 is 1.84 bits per heavy atom. The van der Waals surface area contributed by atoms with Crippen LogP contribution in [-0.2, 0) is 10.0 Å². The normalized spacial score (nSPS) is 41.5. The SMILES string of the molecule is CCCC1=C2C(=C1)C2C1CCC(C)C(S(=O)(=O)N2CC[C@H](O)C3CCCC(C)C32)C1.CN. The monoisotopic (exact) mass is 464 g/mol. The summed E-state index contributed by atoms with van der Waals surface area (Å²) in [6.07, 6.45) is 11.2. The molecule has 5 aliphatic rings. The summed E-state index contributed by atoms with van der Waals surface area (Å²) in [6, 6.07) is -0.00115. The third kappa shape index (κ3) is 4.03. The predicted molar refractivity (Wildman–Crippen MR) is 130 cm³/mol. The minimum Gasteiger partial charge on any atom is -0.393 e. The van der Waals surface area contributed by atoms with Crippen molar-refractivity contribution in [1.82, 2.24) is 4.31 Å². The number of hydrogen-bond acceptors (Lipinski definition) is 4. The van der Waals surface area contributed by atoms with Crippen molar-refractivity contribution < 1.29 is 13.5 Å². The van der Waals surface area contributed by atoms with Gasteiger partial charge in [-0.15, -0.1) is 0 Å². The van der Waals surface area contributed by atoms with E-state index in [4.69, 9.17) is 0 Å². The number of sulfonamides is 1. The van der Waals surface area contributed by atoms with Gasteiger partial charge in [-0.1, -0.05) is 39.7 Å². The van der Waals surface area contributed by atoms with Crippen molar-refractivity contribution in [3.63, 3.8) is 0 Å². The molecule has 0 amide bonds. The fourth-order valence-electron chi connectivity index (χ4n) is 7.44. The average molecular weight is 465 g/mol. The quantitative estimate of drug-likeness (QED) is 0.638. The maximum absolute atomic E-state index is 14.0. The fourth-order valence-corrected chi connectivity index (χ4v) is 10.1. The third-order valence-corrected chi connectivity index (χ3v) is 11.6. The molecule has 8 atom stereocenters. The number of fused-ring (bicyclic) bond motifs is 2. The molecule has 32 heavy (non-hydrogen) atoms. The van der Waals surface area contributed by atoms with Crippen LogP contribution in [0.15, 0.2) is 22.8 Å². The first kappa shape index (κ1) is 24.4. The maximum atomic E-state index is 14.0. The summed E-state index contributed by atoms with van der Waals surface area (Å²) < 4.78 is 29.9. The van der Waals surface area contributed by atoms with Gasteiger partial charge in [0.25, 0.3) is 0 Å². The van der Waals surface area contributed by atoms with Gasteiger partial charge in [0, 0.05) is 24.4 Å². The number of hydrogen-bond donors (Lipinski definition) is 2. The molecule has 7 unspecified atom stereocenters. The van der Waals surface area contributed by atoms with E-state index in [-0.39, 0.29) is 29.2 Å². The first-order valence-electron chi connectivity index (χ1n) is 13.1. The van der Waals surface area contributed by atoms with Gasteiger partial charge in [0.1, 0.15) is 0 Å². The van der Waals surface area contributed by atoms with Crippen LogP contribution in [0.5, 0.6) is 0 Å². The number of aliphatic hydroxyl groups excluding tert-OH is 1. The van der Waals surface area contributed by atoms with E-state index in [1.165, 1.54) is 31.9 Å². The summed E-state index contributed by atoms with van der Waals surface area (Å²) in [4.78, 5) is 0. The minimum atomic E-state index is -3.35. The van der Waals surface area contributed by atoms with Crippen molar-refractivity contribution in [1.29, 1.82) is 0 Å². The molecule has 0 radical (unpaired) electrons. The second-order valence-corrected chi connectivity index (χ2v) is 13.0. The molecule has 5 rings (SSSR count). The van der Waals surface area contributed by atoms with Gasteiger partial charge >= 0.3 is 0 Å². The lowest BCUT2D eigenvalue weighted by Crippen LogP contribution is -2.60. The Kier molecular flexibility index (Phi) is 7.27. The summed E-state index contributed by atoms with van der Waals surface area (Å²) in [6.45, 7) is 7.09. The third-order valence-electron chi connectivity index (χ3n) is 9.10. The summed E-state index contributed by atoms with van der Waals surface area (Å²) in [5.41, 5.74) is 9.17. The second kappa shape index (κ2) is 9.52. The van der Waals surface area contributed by atoms with Gasteiger partial charge in [-0.2, -0.15) is 4.31 Å². The van der Waals surface area contributed by atoms with Crippen LogP contribution >= 0.6 is 0 Å². The van der Waals surface area contributed by atoms with Crippen LogP contribution in [0.3, 0.4) is 0 Å². The van der Waals surface area contributed by atoms with Gasteiger partial charge < -0.3 is 10.8 Å². The average Bonchev–Trinajstić information content (AvgIpc) is 3.38. The van der Waals surface area contributed by atoms with Gasteiger partial charge in [-0.05, 0) is 86.5 Å². The fraction of sp³-hybridized carbons (Fsp3) is 0.846. The van der Waals surface area contributed by atoms with Crippen molar-refractivity contribution in [2.75, 3.05) is 13.6 Å². The molecule has 0 aromatic carbocycles. The number of allylic oxidation sites excluding steroid dienone is 4. The van der Waals surface area contributed by atoms with E-state index in [0.29, 0.717) is 30.7 Å². The zero-order chi connectivity index (χ0) is 23.2. The summed E-state index contributed by atoms with van der Waals surface area (Å²) in [5.74, 6) is 1.77. The Balaban J connectivity index is 0.00000119. The van der Waals surface area contributed by atoms with Crippen molar-refractivity contribution in [3.8, 4) is 0 Å². The number of nitrogens with two attached hydrogens (primary N) is 1. The lowest BCUT2D eigenvalue weighted by atomic mass is 9.72. The van der Waals surface area contributed by atoms with Gasteiger partial charge in [0.05, 0.1) is 11.4 Å². The Hall–Kier alpha value is -0.690. The number of rotatable bonds is 5. The minimum absolute atomic E-state index is 0.00115. The van der Waals surface area contributed by atoms with Crippen LogP contribution < -0.4 is 5.73 Å². The molecule has 3 saturated carbocycles. The van der Waals surface area contributed by atoms with E-state index in [1.54, 1.807) is 11.1 Å². The topological polar surface area (TPSA) is 83.6 Å². The Labute approximate surface area is 195 Å². The molecule has 3 N–H and O–H groups in total. The highest BCUT2D eigenvalue weighted by molar-refractivity contribution is 7.89. The largest absolute Gasteiger partial charge is 0.393 e. The maximum Gasteiger partial charge on any atom is 0.217 e. The number of nitrogens with zero attached hydrogens (tertiary/aromatic N) is 1. The van der Waals surface area contributed by atoms with Crippen LogP contribution in [0.25, 0.3) is 0 Å². The van der Waals surface area contributed by atoms with Gasteiger partial charge in [-0.3, -0.25) is 0 Å². The van der Waals surface area contributed by atoms with Crippen LogP contribution in [0, 0.1) is 29.6 Å². The van der Waals surface area contributed by atoms with Gasteiger partial charge in [0.15, 0.2) is 0 Å². The van der Waals surface area contributed by atoms with Crippen LogP contribution in [-0.4, -0.2) is 48.8 Å². The molecule has 0 aromatic rings. The molecule has 0 spiro atoms. The smallest absolute Gasteiger partial charge is 0.217 e. The van der Waals surface area contributed by atoms with E-state index < -0.39 is 10.0 Å². The Morgan fingerprint density at radius 1 is 1.09 bits per heavy atom. The molecule has 6 heteroatoms. The highest BCUT2D eigenvalue weighted by Gasteiger charge is 2.54. The highest BCUT2D eigenvalue weighted by Crippen LogP contribution is 2.62. The molecule has 4 fully saturated rings. The van der Waals surface area contributed by atoms with E-state index in [0.717, 1.165) is 32.1 Å². The van der Waals surface area contributed by atoms with Crippen molar-refractivity contribution in [2.24, 2.45) is 35.3 Å². The second-order valence-electron chi connectivity index (χ2n) is 10.9. The van der Waals surface area contributed by atoms with Crippen molar-refractivity contribution in [3.05, 3.63) is 22.8 Å². The van der Waals surface area contributed by atoms with Crippen molar-refractivity contribution >= 4 is 10.0 Å². The summed E-state index contributed by atoms with van der Waals surface area (Å²) in [7, 11) is -1.85. The van der Waals surface area contributed by atoms with Gasteiger partial charge in [-0.25, -0.2) is 8.42 Å². The molecule has 1 aliphatic heterocycles. The van der Waals surface area contributed by atoms with E-state index >= 15 is 0 Å². The molecule has 182 valence electrons. The standard InChI is InChI=1S/C25H39NO3S.CH5N/c1-4-6-17-13-20-23(17)24(20)18-10-9-15(2)22(14-18)30(28,29)26-12-11-21(27)19-8-5-7-16(3)25(19)26;1-2/h13,15-16,18-19,21-22,24-25,27H,4-12,14H2,1-3H3;2H2,1H3/t15?,16?,18?,19?,21-,22?,24?,25?;/m0./s1. The zero-order valence-corrected chi connectivity index (χ0v) is 21.3. The summed E-state index contributed by atoms with van der Waals surface area (Å²) >= 11 is 0. The summed E-state index contributed by atoms with van der Waals surface area (Å²) in [5, 5.41) is 10.3. The molecule has 1 saturated heterocycles. The van der Waals surface area contributed by atoms with E-state index in [1.807, 2.05) is 4.31 Å². The Morgan fingerprint density at radius 3 is 2.56 bits per heavy atom. The van der Waals surface area contributed by atoms with Gasteiger partial charge in [0.2, 0.25) is 10.0 Å². The molecule has 1 heterocycles. The van der Waals surface area contributed by atoms with E-state index in [2.05, 4.69) is 32.6 Å². The van der Waals surface area contributed by atoms with Crippen molar-refractivity contribution in [2.45, 2.75) is 96.0 Å². The molecule has 4 aliphatic carbocycles. The first-order valence-corrected chi connectivity index (χ1v) is 14.6. The molecule has 5 nitrogen and oxygen atoms in total. The molecule has 0 aromatic heterocycles. The number of piperidine rings is 1. The zero-order valence-electron chi connectivity index (χ0n) is 20.5. The highest BCUT2D eigenvalue weighted by atomic mass is 32.2. The lowest BCUT2D eigenvalue weighted by Gasteiger charge is -2.50. The molecular formula is C26H44N2O3S. The Bertz CT molecular complexity index is 864. The lowest BCUT2D eigenvalue weighted by molar-refractivity contribution is -0.0239. The van der Waals surface area contributed by atoms with E-state index in [9.17, 15) is 13.5 Å². The molecule has 0 bridgehead atoms. The number of aliphatic hydroxyl groups is 1. The van der Waals surface area contributed by atoms with Crippen LogP contribution in [0.4, 0.5) is 0 Å². The first-order chi connectivity index (χ1) is 15.3. The van der Waals surface area contributed by atoms with Crippen LogP contribution in [0.2, 0.25) is 0 Å². The predicted octanol–water partition coefficient (Wildman–Crippen LogP) is 4.23. The molecular weight excluding hydrogens is 420 g/mol. The van der Waals surface area contributed by atoms with Crippen LogP contribution in [0.1, 0.15) is 78.6 Å².